The number of hydrogen-bond donors (Lipinski definition) is 2. The standard InChI is InChI=1S/C11H10N4/c1-7-2-4-8(5-3-7)11-14-9(6-12)10(13)15-11/h2-5H,13H2,1H3,(H,14,15). The zero-order chi connectivity index (χ0) is 10.8. The molecule has 0 saturated carbocycles. The molecule has 0 spiro atoms. The quantitative estimate of drug-likeness (QED) is 0.733. The van der Waals surface area contributed by atoms with Crippen LogP contribution in [0.1, 0.15) is 11.3 Å². The van der Waals surface area contributed by atoms with Gasteiger partial charge < -0.3 is 10.7 Å². The molecule has 3 N–H and O–H groups in total. The minimum absolute atomic E-state index is 0.244. The molecule has 0 bridgehead atoms. The van der Waals surface area contributed by atoms with Crippen LogP contribution in [-0.2, 0) is 0 Å². The monoisotopic (exact) mass is 198 g/mol. The largest absolute Gasteiger partial charge is 0.381 e. The van der Waals surface area contributed by atoms with E-state index in [4.69, 9.17) is 11.0 Å². The molecule has 2 rings (SSSR count). The Morgan fingerprint density at radius 2 is 2.00 bits per heavy atom. The van der Waals surface area contributed by atoms with E-state index in [-0.39, 0.29) is 5.82 Å². The van der Waals surface area contributed by atoms with Crippen molar-refractivity contribution < 1.29 is 0 Å². The molecule has 74 valence electrons. The van der Waals surface area contributed by atoms with Crippen LogP contribution in [0.15, 0.2) is 24.3 Å². The molecule has 4 nitrogen and oxygen atoms in total. The number of hydrogen-bond acceptors (Lipinski definition) is 3. The summed E-state index contributed by atoms with van der Waals surface area (Å²) in [6, 6.07) is 9.80. The van der Waals surface area contributed by atoms with Crippen molar-refractivity contribution in [1.29, 1.82) is 5.26 Å². The molecule has 0 fully saturated rings. The van der Waals surface area contributed by atoms with Crippen LogP contribution in [0.25, 0.3) is 11.4 Å². The van der Waals surface area contributed by atoms with E-state index in [0.717, 1.165) is 5.56 Å². The third kappa shape index (κ3) is 1.67. The molecule has 4 heteroatoms. The Balaban J connectivity index is 2.46. The lowest BCUT2D eigenvalue weighted by atomic mass is 10.1. The minimum Gasteiger partial charge on any atom is -0.381 e. The van der Waals surface area contributed by atoms with Gasteiger partial charge in [0.05, 0.1) is 0 Å². The summed E-state index contributed by atoms with van der Waals surface area (Å²) in [6.07, 6.45) is 0. The van der Waals surface area contributed by atoms with Crippen molar-refractivity contribution in [3.05, 3.63) is 35.5 Å². The second kappa shape index (κ2) is 3.46. The summed E-state index contributed by atoms with van der Waals surface area (Å²) >= 11 is 0. The van der Waals surface area contributed by atoms with E-state index in [9.17, 15) is 0 Å². The summed E-state index contributed by atoms with van der Waals surface area (Å²) in [4.78, 5) is 6.95. The van der Waals surface area contributed by atoms with Gasteiger partial charge in [-0.05, 0) is 6.92 Å². The molecule has 0 aliphatic carbocycles. The van der Waals surface area contributed by atoms with E-state index in [1.165, 1.54) is 5.56 Å². The SMILES string of the molecule is Cc1ccc(-c2nc(N)c(C#N)[nH]2)cc1. The number of nitriles is 1. The molecule has 1 heterocycles. The molecule has 0 unspecified atom stereocenters. The maximum Gasteiger partial charge on any atom is 0.161 e. The number of nitrogen functional groups attached to an aromatic ring is 1. The van der Waals surface area contributed by atoms with Gasteiger partial charge in [0.15, 0.2) is 11.5 Å². The highest BCUT2D eigenvalue weighted by Gasteiger charge is 2.07. The Labute approximate surface area is 87.4 Å². The topological polar surface area (TPSA) is 78.5 Å². The molecule has 0 saturated heterocycles. The zero-order valence-electron chi connectivity index (χ0n) is 8.28. The fourth-order valence-electron chi connectivity index (χ4n) is 1.32. The van der Waals surface area contributed by atoms with E-state index in [1.54, 1.807) is 0 Å². The summed E-state index contributed by atoms with van der Waals surface area (Å²) < 4.78 is 0. The number of H-pyrrole nitrogens is 1. The summed E-state index contributed by atoms with van der Waals surface area (Å²) in [5.41, 5.74) is 7.97. The van der Waals surface area contributed by atoms with Crippen molar-refractivity contribution in [2.75, 3.05) is 5.73 Å². The third-order valence-corrected chi connectivity index (χ3v) is 2.17. The van der Waals surface area contributed by atoms with Gasteiger partial charge in [-0.25, -0.2) is 4.98 Å². The van der Waals surface area contributed by atoms with Gasteiger partial charge in [-0.15, -0.1) is 0 Å². The maximum absolute atomic E-state index is 8.72. The summed E-state index contributed by atoms with van der Waals surface area (Å²) in [5.74, 6) is 0.872. The Morgan fingerprint density at radius 3 is 2.53 bits per heavy atom. The van der Waals surface area contributed by atoms with E-state index in [2.05, 4.69) is 9.97 Å². The first kappa shape index (κ1) is 9.28. The van der Waals surface area contributed by atoms with Gasteiger partial charge in [0.1, 0.15) is 11.9 Å². The van der Waals surface area contributed by atoms with Gasteiger partial charge in [0, 0.05) is 5.56 Å². The first-order valence-corrected chi connectivity index (χ1v) is 4.53. The second-order valence-corrected chi connectivity index (χ2v) is 3.32. The number of aromatic nitrogens is 2. The van der Waals surface area contributed by atoms with Crippen molar-refractivity contribution >= 4 is 5.82 Å². The van der Waals surface area contributed by atoms with Crippen molar-refractivity contribution in [1.82, 2.24) is 9.97 Å². The Kier molecular flexibility index (Phi) is 2.14. The normalized spacial score (nSPS) is 9.87. The van der Waals surface area contributed by atoms with Crippen LogP contribution in [0, 0.1) is 18.3 Å². The lowest BCUT2D eigenvalue weighted by molar-refractivity contribution is 1.29. The molecule has 2 aromatic rings. The first-order valence-electron chi connectivity index (χ1n) is 4.53. The molecule has 0 atom stereocenters. The molecule has 1 aromatic carbocycles. The fourth-order valence-corrected chi connectivity index (χ4v) is 1.32. The average molecular weight is 198 g/mol. The predicted molar refractivity (Wildman–Crippen MR) is 57.9 cm³/mol. The van der Waals surface area contributed by atoms with Gasteiger partial charge in [0.2, 0.25) is 0 Å². The Hall–Kier alpha value is -2.28. The molecular formula is C11H10N4. The van der Waals surface area contributed by atoms with Crippen LogP contribution < -0.4 is 5.73 Å². The molecule has 0 radical (unpaired) electrons. The highest BCUT2D eigenvalue weighted by atomic mass is 15.0. The Bertz CT molecular complexity index is 517. The zero-order valence-corrected chi connectivity index (χ0v) is 8.28. The van der Waals surface area contributed by atoms with E-state index >= 15 is 0 Å². The number of nitrogens with zero attached hydrogens (tertiary/aromatic N) is 2. The lowest BCUT2D eigenvalue weighted by Crippen LogP contribution is -1.86. The van der Waals surface area contributed by atoms with E-state index < -0.39 is 0 Å². The van der Waals surface area contributed by atoms with Crippen LogP contribution in [0.4, 0.5) is 5.82 Å². The van der Waals surface area contributed by atoms with Gasteiger partial charge in [-0.1, -0.05) is 29.8 Å². The van der Waals surface area contributed by atoms with Crippen LogP contribution in [-0.4, -0.2) is 9.97 Å². The summed E-state index contributed by atoms with van der Waals surface area (Å²) in [7, 11) is 0. The predicted octanol–water partition coefficient (Wildman–Crippen LogP) is 1.84. The van der Waals surface area contributed by atoms with E-state index in [0.29, 0.717) is 11.5 Å². The second-order valence-electron chi connectivity index (χ2n) is 3.32. The Morgan fingerprint density at radius 1 is 1.33 bits per heavy atom. The maximum atomic E-state index is 8.72. The van der Waals surface area contributed by atoms with Crippen LogP contribution in [0.5, 0.6) is 0 Å². The number of imidazole rings is 1. The molecule has 0 amide bonds. The lowest BCUT2D eigenvalue weighted by Gasteiger charge is -1.96. The highest BCUT2D eigenvalue weighted by Crippen LogP contribution is 2.19. The first-order chi connectivity index (χ1) is 7.20. The van der Waals surface area contributed by atoms with E-state index in [1.807, 2.05) is 37.3 Å². The average Bonchev–Trinajstić information content (AvgIpc) is 2.61. The highest BCUT2D eigenvalue weighted by molar-refractivity contribution is 5.61. The number of aromatic amines is 1. The third-order valence-electron chi connectivity index (χ3n) is 2.17. The van der Waals surface area contributed by atoms with Gasteiger partial charge in [0.25, 0.3) is 0 Å². The van der Waals surface area contributed by atoms with Crippen molar-refractivity contribution in [2.45, 2.75) is 6.92 Å². The van der Waals surface area contributed by atoms with Gasteiger partial charge in [-0.3, -0.25) is 0 Å². The van der Waals surface area contributed by atoms with Gasteiger partial charge >= 0.3 is 0 Å². The summed E-state index contributed by atoms with van der Waals surface area (Å²) in [6.45, 7) is 2.01. The minimum atomic E-state index is 0.244. The van der Waals surface area contributed by atoms with Gasteiger partial charge in [-0.2, -0.15) is 5.26 Å². The molecule has 0 aliphatic rings. The smallest absolute Gasteiger partial charge is 0.161 e. The number of anilines is 1. The number of nitrogens with one attached hydrogen (secondary N) is 1. The van der Waals surface area contributed by atoms with Crippen molar-refractivity contribution in [3.63, 3.8) is 0 Å². The fraction of sp³-hybridized carbons (Fsp3) is 0.0909. The number of rotatable bonds is 1. The number of benzene rings is 1. The number of nitrogens with two attached hydrogens (primary N) is 1. The summed E-state index contributed by atoms with van der Waals surface area (Å²) in [5, 5.41) is 8.72. The molecule has 0 aliphatic heterocycles. The van der Waals surface area contributed by atoms with Crippen molar-refractivity contribution in [3.8, 4) is 17.5 Å². The van der Waals surface area contributed by atoms with Crippen LogP contribution in [0.3, 0.4) is 0 Å². The van der Waals surface area contributed by atoms with Crippen LogP contribution in [0.2, 0.25) is 0 Å². The molecule has 15 heavy (non-hydrogen) atoms. The molecule has 1 aromatic heterocycles. The van der Waals surface area contributed by atoms with Crippen molar-refractivity contribution in [2.24, 2.45) is 0 Å². The molecular weight excluding hydrogens is 188 g/mol. The number of aryl methyl sites for hydroxylation is 1. The van der Waals surface area contributed by atoms with Crippen LogP contribution >= 0.6 is 0 Å².